The fourth-order valence-corrected chi connectivity index (χ4v) is 8.81. The standard InChI is InChI=1S/C38H46F4N4O5/c1-50-22-30-17-27(32-12-7-28(38(40,41)42)18-34(32)44-15-13-26(14-16-44)35(47)48)20-46(30)36(49)37(39)23-45(29-8-3-24(19-43)4-9-29)21-33(37)25-5-10-31(51-2)11-6-25/h5-7,10-12,18,24,26-27,29-30,33H,3-4,8-9,13-17,20-23H2,1-2H3,(H,47,48)/t24-,27-,29+,30+,33+,37+/m1/s1. The van der Waals surface area contributed by atoms with E-state index in [1.807, 2.05) is 4.90 Å². The Balaban J connectivity index is 1.31. The molecule has 13 heteroatoms. The normalized spacial score (nSPS) is 29.2. The number of ether oxygens (including phenoxy) is 2. The van der Waals surface area contributed by atoms with Gasteiger partial charge in [0.2, 0.25) is 5.67 Å². The molecule has 1 amide bonds. The number of carbonyl (C=O) groups is 2. The van der Waals surface area contributed by atoms with Crippen LogP contribution in [0.25, 0.3) is 0 Å². The number of alkyl halides is 4. The Morgan fingerprint density at radius 1 is 1.00 bits per heavy atom. The van der Waals surface area contributed by atoms with Crippen LogP contribution in [0.5, 0.6) is 5.75 Å². The highest BCUT2D eigenvalue weighted by Crippen LogP contribution is 2.47. The number of methoxy groups -OCH3 is 2. The minimum Gasteiger partial charge on any atom is -0.497 e. The molecule has 1 N–H and O–H groups in total. The van der Waals surface area contributed by atoms with Crippen LogP contribution in [0.2, 0.25) is 0 Å². The lowest BCUT2D eigenvalue weighted by Gasteiger charge is -2.35. The van der Waals surface area contributed by atoms with Gasteiger partial charge in [-0.05, 0) is 80.3 Å². The SMILES string of the molecule is COC[C@@H]1C[C@@H](c2ccc(C(F)(F)F)cc2N2CCC(C(=O)O)CC2)CN1C(=O)[C@]1(F)CN([C@H]2CC[C@@H](C#N)CC2)C[C@H]1c1ccc(OC)cc1. The van der Waals surface area contributed by atoms with Gasteiger partial charge >= 0.3 is 12.1 Å². The van der Waals surface area contributed by atoms with Crippen molar-refractivity contribution >= 4 is 17.6 Å². The van der Waals surface area contributed by atoms with E-state index in [0.29, 0.717) is 48.4 Å². The molecule has 0 bridgehead atoms. The van der Waals surface area contributed by atoms with Gasteiger partial charge in [0, 0.05) is 69.3 Å². The van der Waals surface area contributed by atoms with Gasteiger partial charge in [0.25, 0.3) is 5.91 Å². The molecule has 0 radical (unpaired) electrons. The lowest BCUT2D eigenvalue weighted by molar-refractivity contribution is -0.146. The molecule has 4 fully saturated rings. The number of amides is 1. The number of halogens is 4. The minimum absolute atomic E-state index is 0.0204. The fourth-order valence-electron chi connectivity index (χ4n) is 8.81. The molecule has 3 heterocycles. The first-order valence-corrected chi connectivity index (χ1v) is 17.8. The van der Waals surface area contributed by atoms with E-state index in [4.69, 9.17) is 9.47 Å². The Morgan fingerprint density at radius 2 is 1.69 bits per heavy atom. The Labute approximate surface area is 296 Å². The van der Waals surface area contributed by atoms with Gasteiger partial charge in [0.1, 0.15) is 5.75 Å². The Bertz CT molecular complexity index is 1600. The monoisotopic (exact) mass is 714 g/mol. The molecule has 276 valence electrons. The van der Waals surface area contributed by atoms with Crippen LogP contribution in [0.3, 0.4) is 0 Å². The Morgan fingerprint density at radius 3 is 2.27 bits per heavy atom. The van der Waals surface area contributed by atoms with Crippen molar-refractivity contribution in [3.63, 3.8) is 0 Å². The van der Waals surface area contributed by atoms with Crippen molar-refractivity contribution in [1.29, 1.82) is 5.26 Å². The summed E-state index contributed by atoms with van der Waals surface area (Å²) >= 11 is 0. The van der Waals surface area contributed by atoms with Crippen LogP contribution in [0.15, 0.2) is 42.5 Å². The smallest absolute Gasteiger partial charge is 0.416 e. The number of benzene rings is 2. The lowest BCUT2D eigenvalue weighted by Crippen LogP contribution is -2.53. The van der Waals surface area contributed by atoms with Gasteiger partial charge in [-0.25, -0.2) is 4.39 Å². The van der Waals surface area contributed by atoms with E-state index in [1.165, 1.54) is 13.2 Å². The van der Waals surface area contributed by atoms with Crippen LogP contribution < -0.4 is 9.64 Å². The number of anilines is 1. The number of carboxylic acid groups (broad SMARTS) is 1. The zero-order chi connectivity index (χ0) is 36.5. The van der Waals surface area contributed by atoms with Crippen LogP contribution in [-0.2, 0) is 20.5 Å². The highest BCUT2D eigenvalue weighted by molar-refractivity contribution is 5.88. The molecule has 2 aromatic rings. The van der Waals surface area contributed by atoms with Crippen molar-refractivity contribution in [3.05, 3.63) is 59.2 Å². The van der Waals surface area contributed by atoms with Crippen molar-refractivity contribution in [1.82, 2.24) is 9.80 Å². The molecule has 2 aromatic carbocycles. The van der Waals surface area contributed by atoms with Crippen LogP contribution >= 0.6 is 0 Å². The van der Waals surface area contributed by atoms with Crippen molar-refractivity contribution in [2.24, 2.45) is 11.8 Å². The van der Waals surface area contributed by atoms with Gasteiger partial charge in [-0.3, -0.25) is 14.5 Å². The van der Waals surface area contributed by atoms with Crippen LogP contribution in [0.1, 0.15) is 73.5 Å². The third kappa shape index (κ3) is 7.54. The molecule has 51 heavy (non-hydrogen) atoms. The summed E-state index contributed by atoms with van der Waals surface area (Å²) in [6, 6.07) is 12.6. The van der Waals surface area contributed by atoms with E-state index in [0.717, 1.165) is 37.8 Å². The minimum atomic E-state index is -4.58. The van der Waals surface area contributed by atoms with E-state index in [2.05, 4.69) is 11.0 Å². The van der Waals surface area contributed by atoms with Crippen molar-refractivity contribution in [2.45, 2.75) is 80.7 Å². The number of aliphatic carboxylic acids is 1. The molecular weight excluding hydrogens is 668 g/mol. The molecular formula is C38H46F4N4O5. The molecule has 3 aliphatic heterocycles. The quantitative estimate of drug-likeness (QED) is 0.305. The molecule has 0 aromatic heterocycles. The Hall–Kier alpha value is -3.89. The third-order valence-electron chi connectivity index (χ3n) is 11.7. The maximum absolute atomic E-state index is 17.9. The first-order chi connectivity index (χ1) is 24.4. The largest absolute Gasteiger partial charge is 0.497 e. The van der Waals surface area contributed by atoms with E-state index >= 15 is 4.39 Å². The molecule has 0 spiro atoms. The molecule has 0 unspecified atom stereocenters. The lowest BCUT2D eigenvalue weighted by atomic mass is 9.85. The molecule has 1 aliphatic carbocycles. The van der Waals surface area contributed by atoms with E-state index in [1.54, 1.807) is 36.3 Å². The molecule has 6 rings (SSSR count). The average molecular weight is 715 g/mol. The highest BCUT2D eigenvalue weighted by Gasteiger charge is 2.58. The summed E-state index contributed by atoms with van der Waals surface area (Å²) in [5.74, 6) is -2.71. The second kappa shape index (κ2) is 15.0. The summed E-state index contributed by atoms with van der Waals surface area (Å²) < 4.78 is 70.6. The number of hydrogen-bond acceptors (Lipinski definition) is 7. The summed E-state index contributed by atoms with van der Waals surface area (Å²) in [5.41, 5.74) is -1.43. The summed E-state index contributed by atoms with van der Waals surface area (Å²) in [5, 5.41) is 18.9. The second-order valence-electron chi connectivity index (χ2n) is 14.6. The molecule has 3 saturated heterocycles. The average Bonchev–Trinajstić information content (AvgIpc) is 3.72. The number of hydrogen-bond donors (Lipinski definition) is 1. The van der Waals surface area contributed by atoms with Crippen LogP contribution in [0.4, 0.5) is 23.2 Å². The van der Waals surface area contributed by atoms with Gasteiger partial charge in [0.05, 0.1) is 37.3 Å². The first kappa shape index (κ1) is 36.9. The fraction of sp³-hybridized carbons (Fsp3) is 0.605. The number of likely N-dealkylation sites (tertiary alicyclic amines) is 2. The van der Waals surface area contributed by atoms with Gasteiger partial charge in [-0.15, -0.1) is 0 Å². The summed E-state index contributed by atoms with van der Waals surface area (Å²) in [6.45, 7) is 1.03. The number of carbonyl (C=O) groups excluding carboxylic acids is 1. The van der Waals surface area contributed by atoms with Crippen molar-refractivity contribution in [3.8, 4) is 11.8 Å². The summed E-state index contributed by atoms with van der Waals surface area (Å²) in [6.07, 6.45) is -0.656. The predicted octanol–water partition coefficient (Wildman–Crippen LogP) is 6.24. The zero-order valence-electron chi connectivity index (χ0n) is 29.1. The highest BCUT2D eigenvalue weighted by atomic mass is 19.4. The molecule has 1 saturated carbocycles. The first-order valence-electron chi connectivity index (χ1n) is 17.8. The summed E-state index contributed by atoms with van der Waals surface area (Å²) in [7, 11) is 3.05. The van der Waals surface area contributed by atoms with Gasteiger partial charge < -0.3 is 24.4 Å². The van der Waals surface area contributed by atoms with Crippen molar-refractivity contribution in [2.75, 3.05) is 58.5 Å². The van der Waals surface area contributed by atoms with E-state index < -0.39 is 53.1 Å². The number of nitrogens with zero attached hydrogens (tertiary/aromatic N) is 4. The van der Waals surface area contributed by atoms with E-state index in [-0.39, 0.29) is 44.7 Å². The maximum atomic E-state index is 17.9. The summed E-state index contributed by atoms with van der Waals surface area (Å²) in [4.78, 5) is 31.7. The van der Waals surface area contributed by atoms with Gasteiger partial charge in [-0.1, -0.05) is 18.2 Å². The number of nitriles is 1. The van der Waals surface area contributed by atoms with Crippen LogP contribution in [0, 0.1) is 23.2 Å². The molecule has 4 atom stereocenters. The van der Waals surface area contributed by atoms with Crippen LogP contribution in [-0.4, -0.2) is 98.1 Å². The maximum Gasteiger partial charge on any atom is 0.416 e. The number of rotatable bonds is 9. The number of piperidine rings is 1. The molecule has 9 nitrogen and oxygen atoms in total. The van der Waals surface area contributed by atoms with Gasteiger partial charge in [-0.2, -0.15) is 18.4 Å². The third-order valence-corrected chi connectivity index (χ3v) is 11.7. The molecule has 4 aliphatic rings. The predicted molar refractivity (Wildman–Crippen MR) is 181 cm³/mol. The number of carboxylic acids is 1. The van der Waals surface area contributed by atoms with Crippen molar-refractivity contribution < 1.29 is 41.7 Å². The topological polar surface area (TPSA) is 106 Å². The van der Waals surface area contributed by atoms with E-state index in [9.17, 15) is 33.1 Å². The van der Waals surface area contributed by atoms with Gasteiger partial charge in [0.15, 0.2) is 0 Å². The Kier molecular flexibility index (Phi) is 10.8. The second-order valence-corrected chi connectivity index (χ2v) is 14.6. The zero-order valence-corrected chi connectivity index (χ0v) is 29.1.